The van der Waals surface area contributed by atoms with Gasteiger partial charge in [-0.1, -0.05) is 18.2 Å². The Morgan fingerprint density at radius 2 is 2.13 bits per heavy atom. The van der Waals surface area contributed by atoms with Crippen LogP contribution >= 0.6 is 0 Å². The molecule has 0 bridgehead atoms. The van der Waals surface area contributed by atoms with Crippen molar-refractivity contribution in [3.63, 3.8) is 0 Å². The first-order chi connectivity index (χ1) is 15.2. The van der Waals surface area contributed by atoms with E-state index in [4.69, 9.17) is 4.42 Å². The molecule has 2 aromatic heterocycles. The van der Waals surface area contributed by atoms with Crippen LogP contribution in [0.25, 0.3) is 10.8 Å². The Morgan fingerprint density at radius 1 is 1.19 bits per heavy atom. The summed E-state index contributed by atoms with van der Waals surface area (Å²) in [7, 11) is 0. The van der Waals surface area contributed by atoms with Crippen LogP contribution in [-0.4, -0.2) is 17.1 Å². The lowest BCUT2D eigenvalue weighted by Crippen LogP contribution is -2.44. The molecule has 2 heterocycles. The number of rotatable bonds is 4. The number of fused-ring (bicyclic) bond motifs is 2. The summed E-state index contributed by atoms with van der Waals surface area (Å²) in [6.07, 6.45) is 9.03. The fourth-order valence-electron chi connectivity index (χ4n) is 4.53. The molecule has 2 amide bonds. The molecule has 0 radical (unpaired) electrons. The normalized spacial score (nSPS) is 17.8. The lowest BCUT2D eigenvalue weighted by atomic mass is 9.76. The minimum absolute atomic E-state index is 0.0319. The SMILES string of the molecule is O=C(Nc1cccc2cnccc12)NC1CCc2cc(F)ccc2C1Cc1ccoc1. The molecule has 0 spiro atoms. The van der Waals surface area contributed by atoms with E-state index in [1.54, 1.807) is 31.0 Å². The number of nitrogens with one attached hydrogen (secondary N) is 2. The molecule has 0 saturated carbocycles. The zero-order valence-corrected chi connectivity index (χ0v) is 16.8. The van der Waals surface area contributed by atoms with Crippen molar-refractivity contribution >= 4 is 22.5 Å². The van der Waals surface area contributed by atoms with Gasteiger partial charge in [-0.15, -0.1) is 0 Å². The zero-order valence-electron chi connectivity index (χ0n) is 16.8. The lowest BCUT2D eigenvalue weighted by Gasteiger charge is -2.34. The van der Waals surface area contributed by atoms with E-state index in [-0.39, 0.29) is 23.8 Å². The minimum Gasteiger partial charge on any atom is -0.472 e. The summed E-state index contributed by atoms with van der Waals surface area (Å²) in [6.45, 7) is 0. The number of aromatic nitrogens is 1. The fraction of sp³-hybridized carbons (Fsp3) is 0.200. The summed E-state index contributed by atoms with van der Waals surface area (Å²) < 4.78 is 19.0. The summed E-state index contributed by atoms with van der Waals surface area (Å²) >= 11 is 0. The number of aryl methyl sites for hydroxylation is 1. The van der Waals surface area contributed by atoms with E-state index < -0.39 is 0 Å². The smallest absolute Gasteiger partial charge is 0.319 e. The molecule has 2 aromatic carbocycles. The van der Waals surface area contributed by atoms with E-state index in [0.717, 1.165) is 46.0 Å². The summed E-state index contributed by atoms with van der Waals surface area (Å²) in [4.78, 5) is 17.1. The van der Waals surface area contributed by atoms with Crippen LogP contribution in [0.5, 0.6) is 0 Å². The van der Waals surface area contributed by atoms with Gasteiger partial charge < -0.3 is 15.1 Å². The Balaban J connectivity index is 1.38. The van der Waals surface area contributed by atoms with E-state index in [9.17, 15) is 9.18 Å². The van der Waals surface area contributed by atoms with Crippen LogP contribution in [0.1, 0.15) is 29.0 Å². The van der Waals surface area contributed by atoms with Crippen LogP contribution < -0.4 is 10.6 Å². The molecular formula is C25H22FN3O2. The van der Waals surface area contributed by atoms with Crippen LogP contribution in [0.2, 0.25) is 0 Å². The second kappa shape index (κ2) is 8.22. The molecule has 0 saturated heterocycles. The molecule has 5 nitrogen and oxygen atoms in total. The number of hydrogen-bond acceptors (Lipinski definition) is 3. The highest BCUT2D eigenvalue weighted by Crippen LogP contribution is 2.35. The molecule has 2 unspecified atom stereocenters. The number of carbonyl (C=O) groups is 1. The first-order valence-corrected chi connectivity index (χ1v) is 10.4. The fourth-order valence-corrected chi connectivity index (χ4v) is 4.53. The number of furan rings is 1. The largest absolute Gasteiger partial charge is 0.472 e. The van der Waals surface area contributed by atoms with E-state index in [1.807, 2.05) is 36.4 Å². The van der Waals surface area contributed by atoms with Gasteiger partial charge in [0.1, 0.15) is 5.82 Å². The van der Waals surface area contributed by atoms with Crippen molar-refractivity contribution in [3.8, 4) is 0 Å². The van der Waals surface area contributed by atoms with Crippen LogP contribution in [0.4, 0.5) is 14.9 Å². The molecule has 156 valence electrons. The predicted octanol–water partition coefficient (Wildman–Crippen LogP) is 5.43. The van der Waals surface area contributed by atoms with Crippen LogP contribution in [-0.2, 0) is 12.8 Å². The number of carbonyl (C=O) groups excluding carboxylic acids is 1. The average Bonchev–Trinajstić information content (AvgIpc) is 3.29. The summed E-state index contributed by atoms with van der Waals surface area (Å²) in [5.74, 6) is -0.195. The first kappa shape index (κ1) is 19.3. The van der Waals surface area contributed by atoms with Gasteiger partial charge in [-0.3, -0.25) is 4.98 Å². The highest BCUT2D eigenvalue weighted by atomic mass is 19.1. The van der Waals surface area contributed by atoms with Crippen molar-refractivity contribution in [3.05, 3.63) is 96.0 Å². The van der Waals surface area contributed by atoms with Gasteiger partial charge in [0.25, 0.3) is 0 Å². The van der Waals surface area contributed by atoms with Crippen molar-refractivity contribution in [2.24, 2.45) is 0 Å². The Kier molecular flexibility index (Phi) is 5.12. The van der Waals surface area contributed by atoms with Gasteiger partial charge in [-0.2, -0.15) is 0 Å². The maximum absolute atomic E-state index is 13.8. The van der Waals surface area contributed by atoms with Gasteiger partial charge in [0.05, 0.1) is 18.2 Å². The Morgan fingerprint density at radius 3 is 3.00 bits per heavy atom. The summed E-state index contributed by atoms with van der Waals surface area (Å²) in [5.41, 5.74) is 3.88. The van der Waals surface area contributed by atoms with Crippen molar-refractivity contribution in [2.45, 2.75) is 31.2 Å². The maximum Gasteiger partial charge on any atom is 0.319 e. The van der Waals surface area contributed by atoms with E-state index in [2.05, 4.69) is 15.6 Å². The van der Waals surface area contributed by atoms with Crippen molar-refractivity contribution < 1.29 is 13.6 Å². The predicted molar refractivity (Wildman–Crippen MR) is 118 cm³/mol. The molecule has 4 aromatic rings. The molecule has 0 fully saturated rings. The van der Waals surface area contributed by atoms with Gasteiger partial charge in [-0.05, 0) is 66.3 Å². The third-order valence-corrected chi connectivity index (χ3v) is 6.00. The number of pyridine rings is 1. The molecule has 5 rings (SSSR count). The standard InChI is InChI=1S/C25H22FN3O2/c26-19-5-6-20-17(13-19)4-7-24(22(20)12-16-9-11-31-15-16)29-25(30)28-23-3-1-2-18-14-27-10-8-21(18)23/h1-3,5-6,8-11,13-15,22,24H,4,7,12H2,(H2,28,29,30). The third-order valence-electron chi connectivity index (χ3n) is 6.00. The van der Waals surface area contributed by atoms with E-state index >= 15 is 0 Å². The van der Waals surface area contributed by atoms with Gasteiger partial charge in [-0.25, -0.2) is 9.18 Å². The molecule has 6 heteroatoms. The second-order valence-corrected chi connectivity index (χ2v) is 7.93. The summed E-state index contributed by atoms with van der Waals surface area (Å²) in [6, 6.07) is 14.2. The first-order valence-electron chi connectivity index (χ1n) is 10.4. The van der Waals surface area contributed by atoms with Crippen molar-refractivity contribution in [1.82, 2.24) is 10.3 Å². The molecule has 1 aliphatic carbocycles. The van der Waals surface area contributed by atoms with E-state index in [1.165, 1.54) is 6.07 Å². The number of benzene rings is 2. The van der Waals surface area contributed by atoms with Crippen LogP contribution in [0.15, 0.2) is 77.9 Å². The molecule has 2 atom stereocenters. The highest BCUT2D eigenvalue weighted by Gasteiger charge is 2.31. The van der Waals surface area contributed by atoms with Crippen LogP contribution in [0.3, 0.4) is 0 Å². The molecule has 1 aliphatic rings. The molecule has 2 N–H and O–H groups in total. The second-order valence-electron chi connectivity index (χ2n) is 7.93. The third kappa shape index (κ3) is 4.01. The monoisotopic (exact) mass is 415 g/mol. The highest BCUT2D eigenvalue weighted by molar-refractivity contribution is 6.01. The molecule has 0 aliphatic heterocycles. The Labute approximate surface area is 179 Å². The van der Waals surface area contributed by atoms with Gasteiger partial charge in [0, 0.05) is 35.1 Å². The molecule has 31 heavy (non-hydrogen) atoms. The number of anilines is 1. The number of urea groups is 1. The van der Waals surface area contributed by atoms with Crippen molar-refractivity contribution in [2.75, 3.05) is 5.32 Å². The minimum atomic E-state index is -0.253. The number of hydrogen-bond donors (Lipinski definition) is 2. The Hall–Kier alpha value is -3.67. The number of nitrogens with zero attached hydrogens (tertiary/aromatic N) is 1. The zero-order chi connectivity index (χ0) is 21.2. The average molecular weight is 415 g/mol. The topological polar surface area (TPSA) is 67.2 Å². The quantitative estimate of drug-likeness (QED) is 0.467. The van der Waals surface area contributed by atoms with Gasteiger partial charge in [0.2, 0.25) is 0 Å². The van der Waals surface area contributed by atoms with Gasteiger partial charge >= 0.3 is 6.03 Å². The Bertz CT molecular complexity index is 1220. The van der Waals surface area contributed by atoms with Crippen LogP contribution in [0, 0.1) is 5.82 Å². The number of amides is 2. The summed E-state index contributed by atoms with van der Waals surface area (Å²) in [5, 5.41) is 8.05. The maximum atomic E-state index is 13.8. The van der Waals surface area contributed by atoms with E-state index in [0.29, 0.717) is 6.42 Å². The van der Waals surface area contributed by atoms with Gasteiger partial charge in [0.15, 0.2) is 0 Å². The lowest BCUT2D eigenvalue weighted by molar-refractivity contribution is 0.244. The number of halogens is 1. The van der Waals surface area contributed by atoms with Crippen molar-refractivity contribution in [1.29, 1.82) is 0 Å². The molecular weight excluding hydrogens is 393 g/mol.